The number of sulfone groups is 1. The molecule has 0 radical (unpaired) electrons. The highest BCUT2D eigenvalue weighted by Gasteiger charge is 2.38. The zero-order valence-corrected chi connectivity index (χ0v) is 16.8. The highest BCUT2D eigenvalue weighted by Crippen LogP contribution is 2.40. The lowest BCUT2D eigenvalue weighted by Gasteiger charge is -2.32. The molecule has 152 valence electrons. The Bertz CT molecular complexity index is 1070. The van der Waals surface area contributed by atoms with E-state index in [-0.39, 0.29) is 15.5 Å². The van der Waals surface area contributed by atoms with Crippen LogP contribution in [0, 0.1) is 5.82 Å². The number of carbonyl (C=O) groups excluding carboxylic acids is 1. The van der Waals surface area contributed by atoms with Crippen molar-refractivity contribution in [2.45, 2.75) is 24.2 Å². The van der Waals surface area contributed by atoms with Crippen LogP contribution in [0.5, 0.6) is 5.75 Å². The molecule has 1 amide bonds. The van der Waals surface area contributed by atoms with E-state index in [1.165, 1.54) is 17.2 Å². The van der Waals surface area contributed by atoms with Crippen LogP contribution in [0.25, 0.3) is 0 Å². The van der Waals surface area contributed by atoms with Gasteiger partial charge in [0.15, 0.2) is 4.91 Å². The predicted octanol–water partition coefficient (Wildman–Crippen LogP) is 3.61. The molecule has 2 heterocycles. The van der Waals surface area contributed by atoms with Gasteiger partial charge in [0.2, 0.25) is 9.84 Å². The molecule has 2 aromatic rings. The Morgan fingerprint density at radius 2 is 1.72 bits per heavy atom. The average Bonchev–Trinajstić information content (AvgIpc) is 2.74. The van der Waals surface area contributed by atoms with E-state index in [9.17, 15) is 17.6 Å². The maximum Gasteiger partial charge on any atom is 0.267 e. The van der Waals surface area contributed by atoms with Gasteiger partial charge in [-0.25, -0.2) is 12.8 Å². The van der Waals surface area contributed by atoms with Gasteiger partial charge in [-0.2, -0.15) is 0 Å². The number of hydrogen-bond donors (Lipinski definition) is 0. The first-order valence-electron chi connectivity index (χ1n) is 9.41. The molecule has 0 spiro atoms. The summed E-state index contributed by atoms with van der Waals surface area (Å²) in [4.78, 5) is 15.8. The second-order valence-electron chi connectivity index (χ2n) is 7.03. The number of nitrogens with zero attached hydrogens (tertiary/aromatic N) is 2. The summed E-state index contributed by atoms with van der Waals surface area (Å²) in [6.07, 6.45) is 4.03. The number of fused-ring (bicyclic) bond motifs is 1. The van der Waals surface area contributed by atoms with E-state index in [2.05, 4.69) is 0 Å². The van der Waals surface area contributed by atoms with E-state index in [1.54, 1.807) is 36.3 Å². The molecule has 0 saturated carbocycles. The van der Waals surface area contributed by atoms with Crippen LogP contribution in [0.2, 0.25) is 0 Å². The highest BCUT2D eigenvalue weighted by atomic mass is 32.2. The topological polar surface area (TPSA) is 66.9 Å². The maximum atomic E-state index is 14.0. The van der Waals surface area contributed by atoms with Crippen molar-refractivity contribution < 1.29 is 22.3 Å². The Balaban J connectivity index is 1.85. The molecule has 0 N–H and O–H groups in total. The van der Waals surface area contributed by atoms with Crippen LogP contribution in [0.1, 0.15) is 19.3 Å². The smallest absolute Gasteiger partial charge is 0.267 e. The van der Waals surface area contributed by atoms with Crippen molar-refractivity contribution in [1.29, 1.82) is 0 Å². The summed E-state index contributed by atoms with van der Waals surface area (Å²) in [7, 11) is -2.52. The van der Waals surface area contributed by atoms with Crippen molar-refractivity contribution in [1.82, 2.24) is 4.90 Å². The summed E-state index contributed by atoms with van der Waals surface area (Å²) in [6.45, 7) is 1.06. The molecule has 29 heavy (non-hydrogen) atoms. The van der Waals surface area contributed by atoms with Crippen molar-refractivity contribution in [3.63, 3.8) is 0 Å². The number of anilines is 2. The molecule has 0 aromatic heterocycles. The minimum absolute atomic E-state index is 0.0856. The van der Waals surface area contributed by atoms with Gasteiger partial charge in [-0.05, 0) is 61.7 Å². The van der Waals surface area contributed by atoms with Gasteiger partial charge < -0.3 is 14.5 Å². The first-order valence-corrected chi connectivity index (χ1v) is 10.9. The lowest BCUT2D eigenvalue weighted by Crippen LogP contribution is -2.39. The number of likely N-dealkylation sites (tertiary alicyclic amines) is 1. The van der Waals surface area contributed by atoms with Gasteiger partial charge in [0.1, 0.15) is 11.6 Å². The molecule has 1 saturated heterocycles. The van der Waals surface area contributed by atoms with Gasteiger partial charge in [0, 0.05) is 25.0 Å². The predicted molar refractivity (Wildman–Crippen MR) is 107 cm³/mol. The van der Waals surface area contributed by atoms with Crippen molar-refractivity contribution >= 4 is 27.1 Å². The molecule has 2 aliphatic heterocycles. The lowest BCUT2D eigenvalue weighted by atomic mass is 10.1. The SMILES string of the molecule is COc1ccc(N2C=C(C(=O)N3CCCCC3)S(=O)(=O)c3ccc(F)cc32)cc1. The number of carbonyl (C=O) groups is 1. The summed E-state index contributed by atoms with van der Waals surface area (Å²) in [5, 5.41) is 0. The Labute approximate surface area is 169 Å². The lowest BCUT2D eigenvalue weighted by molar-refractivity contribution is -0.127. The number of halogens is 1. The van der Waals surface area contributed by atoms with Gasteiger partial charge in [-0.15, -0.1) is 0 Å². The Kier molecular flexibility index (Phi) is 5.04. The quantitative estimate of drug-likeness (QED) is 0.715. The molecule has 8 heteroatoms. The molecule has 2 aliphatic rings. The summed E-state index contributed by atoms with van der Waals surface area (Å²) in [5.41, 5.74) is 0.766. The first kappa shape index (κ1) is 19.4. The number of piperidine rings is 1. The zero-order chi connectivity index (χ0) is 20.6. The molecule has 6 nitrogen and oxygen atoms in total. The summed E-state index contributed by atoms with van der Waals surface area (Å²) in [5.74, 6) is -0.443. The number of benzene rings is 2. The van der Waals surface area contributed by atoms with E-state index in [0.717, 1.165) is 31.4 Å². The Morgan fingerprint density at radius 1 is 1.03 bits per heavy atom. The van der Waals surface area contributed by atoms with Crippen LogP contribution >= 0.6 is 0 Å². The summed E-state index contributed by atoms with van der Waals surface area (Å²) in [6, 6.07) is 10.4. The van der Waals surface area contributed by atoms with Gasteiger partial charge in [0.25, 0.3) is 5.91 Å². The fourth-order valence-corrected chi connectivity index (χ4v) is 5.18. The number of amides is 1. The van der Waals surface area contributed by atoms with Gasteiger partial charge in [0.05, 0.1) is 17.7 Å². The standard InChI is InChI=1S/C21H21FN2O4S/c1-28-17-8-6-16(7-9-17)24-14-20(21(25)23-11-3-2-4-12-23)29(26,27)19-10-5-15(22)13-18(19)24/h5-10,13-14H,2-4,11-12H2,1H3. The minimum Gasteiger partial charge on any atom is -0.497 e. The summed E-state index contributed by atoms with van der Waals surface area (Å²) < 4.78 is 45.5. The van der Waals surface area contributed by atoms with Crippen LogP contribution in [0.4, 0.5) is 15.8 Å². The molecule has 4 rings (SSSR count). The molecular formula is C21H21FN2O4S. The summed E-state index contributed by atoms with van der Waals surface area (Å²) >= 11 is 0. The van der Waals surface area contributed by atoms with Gasteiger partial charge in [-0.3, -0.25) is 4.79 Å². The van der Waals surface area contributed by atoms with Crippen LogP contribution in [0.3, 0.4) is 0 Å². The van der Waals surface area contributed by atoms with Gasteiger partial charge >= 0.3 is 0 Å². The molecule has 0 aliphatic carbocycles. The molecule has 0 atom stereocenters. The van der Waals surface area contributed by atoms with E-state index < -0.39 is 21.6 Å². The second-order valence-corrected chi connectivity index (χ2v) is 8.92. The average molecular weight is 416 g/mol. The van der Waals surface area contributed by atoms with E-state index in [1.807, 2.05) is 0 Å². The normalized spacial score (nSPS) is 18.1. The van der Waals surface area contributed by atoms with Crippen LogP contribution in [-0.4, -0.2) is 39.4 Å². The van der Waals surface area contributed by atoms with Crippen molar-refractivity contribution in [2.75, 3.05) is 25.1 Å². The molecule has 0 unspecified atom stereocenters. The minimum atomic E-state index is -4.07. The second kappa shape index (κ2) is 7.51. The van der Waals surface area contributed by atoms with E-state index >= 15 is 0 Å². The highest BCUT2D eigenvalue weighted by molar-refractivity contribution is 7.96. The van der Waals surface area contributed by atoms with Crippen molar-refractivity contribution in [3.05, 3.63) is 59.4 Å². The van der Waals surface area contributed by atoms with Crippen molar-refractivity contribution in [2.24, 2.45) is 0 Å². The third-order valence-electron chi connectivity index (χ3n) is 5.21. The van der Waals surface area contributed by atoms with Crippen LogP contribution < -0.4 is 9.64 Å². The molecular weight excluding hydrogens is 395 g/mol. The monoisotopic (exact) mass is 416 g/mol. The largest absolute Gasteiger partial charge is 0.497 e. The molecule has 1 fully saturated rings. The Hall–Kier alpha value is -2.87. The number of methoxy groups -OCH3 is 1. The molecule has 2 aromatic carbocycles. The zero-order valence-electron chi connectivity index (χ0n) is 16.0. The fourth-order valence-electron chi connectivity index (χ4n) is 3.66. The Morgan fingerprint density at radius 3 is 2.38 bits per heavy atom. The first-order chi connectivity index (χ1) is 13.9. The van der Waals surface area contributed by atoms with Crippen LogP contribution in [-0.2, 0) is 14.6 Å². The number of hydrogen-bond acceptors (Lipinski definition) is 5. The van der Waals surface area contributed by atoms with E-state index in [4.69, 9.17) is 4.74 Å². The number of rotatable bonds is 3. The maximum absolute atomic E-state index is 14.0. The fraction of sp³-hybridized carbons (Fsp3) is 0.286. The van der Waals surface area contributed by atoms with Crippen molar-refractivity contribution in [3.8, 4) is 5.75 Å². The van der Waals surface area contributed by atoms with Crippen LogP contribution in [0.15, 0.2) is 58.5 Å². The molecule has 0 bridgehead atoms. The third kappa shape index (κ3) is 3.48. The van der Waals surface area contributed by atoms with Gasteiger partial charge in [-0.1, -0.05) is 0 Å². The number of ether oxygens (including phenoxy) is 1. The third-order valence-corrected chi connectivity index (χ3v) is 6.99. The van der Waals surface area contributed by atoms with E-state index in [0.29, 0.717) is 24.5 Å².